The quantitative estimate of drug-likeness (QED) is 0.739. The van der Waals surface area contributed by atoms with E-state index in [0.29, 0.717) is 30.7 Å². The lowest BCUT2D eigenvalue weighted by Gasteiger charge is -2.36. The summed E-state index contributed by atoms with van der Waals surface area (Å²) < 4.78 is 17.2. The summed E-state index contributed by atoms with van der Waals surface area (Å²) in [5.74, 6) is 0.288. The van der Waals surface area contributed by atoms with Crippen LogP contribution in [0.5, 0.6) is 5.88 Å². The Bertz CT molecular complexity index is 827. The zero-order valence-electron chi connectivity index (χ0n) is 15.8. The van der Waals surface area contributed by atoms with Crippen molar-refractivity contribution >= 4 is 28.7 Å². The molecular weight excluding hydrogens is 372 g/mol. The minimum absolute atomic E-state index is 0.269. The molecule has 1 saturated heterocycles. The van der Waals surface area contributed by atoms with E-state index in [9.17, 15) is 4.79 Å². The van der Waals surface area contributed by atoms with Crippen molar-refractivity contribution in [2.45, 2.75) is 45.5 Å². The van der Waals surface area contributed by atoms with E-state index in [0.717, 1.165) is 0 Å². The summed E-state index contributed by atoms with van der Waals surface area (Å²) in [4.78, 5) is 26.7. The molecule has 2 unspecified atom stereocenters. The molecule has 2 atom stereocenters. The molecule has 0 bridgehead atoms. The first-order valence-electron chi connectivity index (χ1n) is 8.76. The highest BCUT2D eigenvalue weighted by molar-refractivity contribution is 6.30. The maximum Gasteiger partial charge on any atom is 0.410 e. The van der Waals surface area contributed by atoms with Crippen molar-refractivity contribution in [3.63, 3.8) is 0 Å². The predicted molar refractivity (Wildman–Crippen MR) is 100.0 cm³/mol. The number of ether oxygens (including phenoxy) is 3. The molecule has 9 heteroatoms. The number of rotatable bonds is 3. The van der Waals surface area contributed by atoms with Gasteiger partial charge in [-0.2, -0.15) is 4.98 Å². The van der Waals surface area contributed by atoms with Crippen LogP contribution in [0.1, 0.15) is 27.7 Å². The van der Waals surface area contributed by atoms with E-state index in [4.69, 9.17) is 25.8 Å². The molecule has 1 fully saturated rings. The van der Waals surface area contributed by atoms with Crippen LogP contribution >= 0.6 is 11.6 Å². The molecule has 146 valence electrons. The van der Waals surface area contributed by atoms with Crippen LogP contribution in [-0.2, 0) is 9.47 Å². The average molecular weight is 395 g/mol. The van der Waals surface area contributed by atoms with Crippen LogP contribution in [0.25, 0.3) is 11.0 Å². The molecule has 27 heavy (non-hydrogen) atoms. The van der Waals surface area contributed by atoms with E-state index < -0.39 is 5.60 Å². The molecule has 0 aliphatic carbocycles. The van der Waals surface area contributed by atoms with Crippen molar-refractivity contribution < 1.29 is 19.0 Å². The van der Waals surface area contributed by atoms with Gasteiger partial charge in [0.1, 0.15) is 23.0 Å². The van der Waals surface area contributed by atoms with E-state index in [-0.39, 0.29) is 29.3 Å². The molecule has 0 N–H and O–H groups in total. The van der Waals surface area contributed by atoms with E-state index in [1.807, 2.05) is 27.7 Å². The minimum Gasteiger partial charge on any atom is -0.470 e. The van der Waals surface area contributed by atoms with Crippen LogP contribution in [0.4, 0.5) is 4.79 Å². The number of hydrogen-bond acceptors (Lipinski definition) is 7. The van der Waals surface area contributed by atoms with Gasteiger partial charge in [-0.25, -0.2) is 9.78 Å². The predicted octanol–water partition coefficient (Wildman–Crippen LogP) is 3.08. The Morgan fingerprint density at radius 2 is 2.11 bits per heavy atom. The molecule has 0 spiro atoms. The first-order valence-corrected chi connectivity index (χ1v) is 9.14. The van der Waals surface area contributed by atoms with Crippen LogP contribution in [-0.4, -0.2) is 63.5 Å². The number of halogens is 1. The van der Waals surface area contributed by atoms with Gasteiger partial charge in [-0.15, -0.1) is 0 Å². The zero-order valence-corrected chi connectivity index (χ0v) is 16.6. The summed E-state index contributed by atoms with van der Waals surface area (Å²) in [6.45, 7) is 8.61. The lowest BCUT2D eigenvalue weighted by Crippen LogP contribution is -2.51. The number of pyridine rings is 1. The molecule has 3 heterocycles. The third kappa shape index (κ3) is 4.95. The van der Waals surface area contributed by atoms with E-state index >= 15 is 0 Å². The maximum absolute atomic E-state index is 12.3. The molecule has 0 saturated carbocycles. The second-order valence-corrected chi connectivity index (χ2v) is 7.72. The Morgan fingerprint density at radius 1 is 1.37 bits per heavy atom. The fourth-order valence-electron chi connectivity index (χ4n) is 2.70. The number of carbonyl (C=O) groups excluding carboxylic acids is 1. The van der Waals surface area contributed by atoms with Crippen molar-refractivity contribution in [1.29, 1.82) is 0 Å². The highest BCUT2D eigenvalue weighted by Gasteiger charge is 2.32. The highest BCUT2D eigenvalue weighted by Crippen LogP contribution is 2.25. The Morgan fingerprint density at radius 3 is 2.85 bits per heavy atom. The SMILES string of the molecule is CC(Oc1nc(Cl)cc2nccnc12)C1CN(C(=O)OC(C)(C)C)CCO1. The summed E-state index contributed by atoms with van der Waals surface area (Å²) in [6, 6.07) is 1.63. The fourth-order valence-corrected chi connectivity index (χ4v) is 2.88. The van der Waals surface area contributed by atoms with Crippen LogP contribution < -0.4 is 4.74 Å². The summed E-state index contributed by atoms with van der Waals surface area (Å²) in [6.07, 6.45) is 2.07. The molecule has 2 aromatic rings. The average Bonchev–Trinajstić information content (AvgIpc) is 2.60. The zero-order chi connectivity index (χ0) is 19.6. The Kier molecular flexibility index (Phi) is 5.67. The van der Waals surface area contributed by atoms with Crippen LogP contribution in [0.2, 0.25) is 5.15 Å². The lowest BCUT2D eigenvalue weighted by atomic mass is 10.2. The van der Waals surface area contributed by atoms with Gasteiger partial charge in [0.15, 0.2) is 5.52 Å². The van der Waals surface area contributed by atoms with Gasteiger partial charge in [0.25, 0.3) is 0 Å². The smallest absolute Gasteiger partial charge is 0.410 e. The number of nitrogens with zero attached hydrogens (tertiary/aromatic N) is 4. The maximum atomic E-state index is 12.3. The molecule has 3 rings (SSSR count). The highest BCUT2D eigenvalue weighted by atomic mass is 35.5. The third-order valence-corrected chi connectivity index (χ3v) is 4.15. The van der Waals surface area contributed by atoms with Gasteiger partial charge in [0, 0.05) is 25.0 Å². The standard InChI is InChI=1S/C18H23ClN4O4/c1-11(13-10-23(7-8-25-13)17(24)27-18(2,3)4)26-16-15-12(9-14(19)22-16)20-5-6-21-15/h5-6,9,11,13H,7-8,10H2,1-4H3. The molecule has 2 aromatic heterocycles. The Hall–Kier alpha value is -2.19. The Labute approximate surface area is 162 Å². The third-order valence-electron chi connectivity index (χ3n) is 3.96. The van der Waals surface area contributed by atoms with Gasteiger partial charge in [-0.05, 0) is 27.7 Å². The first kappa shape index (κ1) is 19.6. The van der Waals surface area contributed by atoms with Crippen LogP contribution in [0, 0.1) is 0 Å². The minimum atomic E-state index is -0.546. The molecule has 0 aromatic carbocycles. The molecule has 1 aliphatic rings. The number of hydrogen-bond donors (Lipinski definition) is 0. The summed E-state index contributed by atoms with van der Waals surface area (Å²) in [5.41, 5.74) is 0.572. The van der Waals surface area contributed by atoms with Gasteiger partial charge in [-0.3, -0.25) is 4.98 Å². The normalized spacial score (nSPS) is 19.0. The largest absolute Gasteiger partial charge is 0.470 e. The summed E-state index contributed by atoms with van der Waals surface area (Å²) in [5, 5.41) is 0.269. The van der Waals surface area contributed by atoms with Crippen molar-refractivity contribution in [2.24, 2.45) is 0 Å². The molecule has 8 nitrogen and oxygen atoms in total. The number of aromatic nitrogens is 3. The molecule has 0 radical (unpaired) electrons. The molecule has 1 aliphatic heterocycles. The van der Waals surface area contributed by atoms with E-state index in [1.54, 1.807) is 23.4 Å². The van der Waals surface area contributed by atoms with Gasteiger partial charge in [-0.1, -0.05) is 11.6 Å². The van der Waals surface area contributed by atoms with Crippen molar-refractivity contribution in [3.05, 3.63) is 23.6 Å². The second kappa shape index (κ2) is 7.82. The van der Waals surface area contributed by atoms with E-state index in [1.165, 1.54) is 0 Å². The van der Waals surface area contributed by atoms with Gasteiger partial charge < -0.3 is 19.1 Å². The number of fused-ring (bicyclic) bond motifs is 1. The van der Waals surface area contributed by atoms with Crippen molar-refractivity contribution in [2.75, 3.05) is 19.7 Å². The van der Waals surface area contributed by atoms with Gasteiger partial charge in [0.2, 0.25) is 5.88 Å². The Balaban J connectivity index is 1.71. The van der Waals surface area contributed by atoms with Crippen molar-refractivity contribution in [1.82, 2.24) is 19.9 Å². The van der Waals surface area contributed by atoms with Crippen molar-refractivity contribution in [3.8, 4) is 5.88 Å². The van der Waals surface area contributed by atoms with Gasteiger partial charge in [0.05, 0.1) is 18.7 Å². The monoisotopic (exact) mass is 394 g/mol. The molecular formula is C18H23ClN4O4. The number of morpholine rings is 1. The van der Waals surface area contributed by atoms with E-state index in [2.05, 4.69) is 15.0 Å². The van der Waals surface area contributed by atoms with Crippen LogP contribution in [0.15, 0.2) is 18.5 Å². The first-order chi connectivity index (χ1) is 12.7. The topological polar surface area (TPSA) is 86.7 Å². The van der Waals surface area contributed by atoms with Gasteiger partial charge >= 0.3 is 6.09 Å². The summed E-state index contributed by atoms with van der Waals surface area (Å²) in [7, 11) is 0. The summed E-state index contributed by atoms with van der Waals surface area (Å²) >= 11 is 6.06. The number of amides is 1. The number of carbonyl (C=O) groups is 1. The molecule has 1 amide bonds. The second-order valence-electron chi connectivity index (χ2n) is 7.33. The lowest BCUT2D eigenvalue weighted by molar-refractivity contribution is -0.0782. The fraction of sp³-hybridized carbons (Fsp3) is 0.556. The van der Waals surface area contributed by atoms with Crippen LogP contribution in [0.3, 0.4) is 0 Å².